The van der Waals surface area contributed by atoms with Crippen molar-refractivity contribution >= 4 is 19.7 Å². The average Bonchev–Trinajstić information content (AvgIpc) is 2.82. The van der Waals surface area contributed by atoms with Gasteiger partial charge >= 0.3 is 0 Å². The summed E-state index contributed by atoms with van der Waals surface area (Å²) < 4.78 is 7.44. The first kappa shape index (κ1) is 15.2. The molecule has 0 saturated heterocycles. The van der Waals surface area contributed by atoms with Crippen LogP contribution in [0.3, 0.4) is 0 Å². The van der Waals surface area contributed by atoms with Gasteiger partial charge < -0.3 is 4.74 Å². The van der Waals surface area contributed by atoms with Gasteiger partial charge in [0.05, 0.1) is 5.69 Å². The first-order valence-corrected chi connectivity index (χ1v) is 10.8. The molecule has 0 unspecified atom stereocenters. The SMILES string of the molecule is C[Si](C)(C)CCOCn1ccc(-c2cccc(Cl)n2)n1. The standard InChI is InChI=1S/C14H20ClN3OSi/c1-20(2,3)10-9-19-11-18-8-7-13(17-18)12-5-4-6-14(15)16-12/h4-8H,9-11H2,1-3H3. The van der Waals surface area contributed by atoms with Gasteiger partial charge in [-0.1, -0.05) is 37.3 Å². The van der Waals surface area contributed by atoms with E-state index in [1.807, 2.05) is 24.4 Å². The van der Waals surface area contributed by atoms with E-state index < -0.39 is 8.07 Å². The molecule has 6 heteroatoms. The summed E-state index contributed by atoms with van der Waals surface area (Å²) in [6, 6.07) is 8.60. The maximum atomic E-state index is 5.88. The van der Waals surface area contributed by atoms with Crippen LogP contribution in [0.4, 0.5) is 0 Å². The van der Waals surface area contributed by atoms with Crippen molar-refractivity contribution in [2.45, 2.75) is 32.4 Å². The Bertz CT molecular complexity index is 566. The number of pyridine rings is 1. The van der Waals surface area contributed by atoms with Gasteiger partial charge in [0.1, 0.15) is 17.6 Å². The summed E-state index contributed by atoms with van der Waals surface area (Å²) >= 11 is 5.88. The lowest BCUT2D eigenvalue weighted by molar-refractivity contribution is 0.0787. The van der Waals surface area contributed by atoms with Gasteiger partial charge in [0.25, 0.3) is 0 Å². The smallest absolute Gasteiger partial charge is 0.139 e. The number of ether oxygens (including phenoxy) is 1. The molecular formula is C14H20ClN3OSi. The van der Waals surface area contributed by atoms with Gasteiger partial charge in [0, 0.05) is 20.9 Å². The summed E-state index contributed by atoms with van der Waals surface area (Å²) in [5, 5.41) is 4.91. The Kier molecular flexibility index (Phi) is 4.96. The second-order valence-electron chi connectivity index (χ2n) is 5.93. The van der Waals surface area contributed by atoms with Crippen LogP contribution in [0.25, 0.3) is 11.4 Å². The van der Waals surface area contributed by atoms with E-state index in [-0.39, 0.29) is 0 Å². The number of halogens is 1. The molecule has 0 N–H and O–H groups in total. The van der Waals surface area contributed by atoms with E-state index in [0.29, 0.717) is 11.9 Å². The molecule has 2 aromatic heterocycles. The van der Waals surface area contributed by atoms with Crippen molar-refractivity contribution in [2.24, 2.45) is 0 Å². The van der Waals surface area contributed by atoms with Crippen LogP contribution in [0, 0.1) is 0 Å². The van der Waals surface area contributed by atoms with Crippen molar-refractivity contribution in [3.8, 4) is 11.4 Å². The molecule has 0 aliphatic heterocycles. The summed E-state index contributed by atoms with van der Waals surface area (Å²) in [6.07, 6.45) is 1.90. The van der Waals surface area contributed by atoms with E-state index >= 15 is 0 Å². The second-order valence-corrected chi connectivity index (χ2v) is 11.9. The van der Waals surface area contributed by atoms with Crippen LogP contribution >= 0.6 is 11.6 Å². The van der Waals surface area contributed by atoms with Crippen LogP contribution in [0.5, 0.6) is 0 Å². The third-order valence-electron chi connectivity index (χ3n) is 2.84. The number of rotatable bonds is 6. The molecule has 2 aromatic rings. The Balaban J connectivity index is 1.90. The Morgan fingerprint density at radius 3 is 2.70 bits per heavy atom. The number of hydrogen-bond donors (Lipinski definition) is 0. The van der Waals surface area contributed by atoms with Crippen LogP contribution in [0.15, 0.2) is 30.5 Å². The van der Waals surface area contributed by atoms with Gasteiger partial charge in [-0.25, -0.2) is 9.67 Å². The molecule has 0 aromatic carbocycles. The zero-order valence-corrected chi connectivity index (χ0v) is 13.9. The maximum Gasteiger partial charge on any atom is 0.139 e. The summed E-state index contributed by atoms with van der Waals surface area (Å²) in [5.41, 5.74) is 1.58. The summed E-state index contributed by atoms with van der Waals surface area (Å²) in [7, 11) is -1.03. The fourth-order valence-electron chi connectivity index (χ4n) is 1.66. The van der Waals surface area contributed by atoms with Gasteiger partial charge in [-0.15, -0.1) is 0 Å². The molecule has 0 amide bonds. The Hall–Kier alpha value is -1.17. The first-order chi connectivity index (χ1) is 9.44. The quantitative estimate of drug-likeness (QED) is 0.461. The van der Waals surface area contributed by atoms with Crippen LogP contribution in [0.1, 0.15) is 0 Å². The molecule has 0 bridgehead atoms. The fourth-order valence-corrected chi connectivity index (χ4v) is 2.58. The van der Waals surface area contributed by atoms with Gasteiger partial charge in [0.2, 0.25) is 0 Å². The zero-order chi connectivity index (χ0) is 14.6. The van der Waals surface area contributed by atoms with Crippen LogP contribution in [0.2, 0.25) is 30.8 Å². The third-order valence-corrected chi connectivity index (χ3v) is 4.75. The summed E-state index contributed by atoms with van der Waals surface area (Å²) in [4.78, 5) is 4.24. The molecule has 0 spiro atoms. The highest BCUT2D eigenvalue weighted by molar-refractivity contribution is 6.76. The van der Waals surface area contributed by atoms with Crippen molar-refractivity contribution in [1.82, 2.24) is 14.8 Å². The predicted octanol–water partition coefficient (Wildman–Crippen LogP) is 3.91. The van der Waals surface area contributed by atoms with Crippen LogP contribution < -0.4 is 0 Å². The lowest BCUT2D eigenvalue weighted by atomic mass is 10.3. The van der Waals surface area contributed by atoms with Gasteiger partial charge in [-0.3, -0.25) is 0 Å². The van der Waals surface area contributed by atoms with Crippen LogP contribution in [-0.2, 0) is 11.5 Å². The number of nitrogens with zero attached hydrogens (tertiary/aromatic N) is 3. The zero-order valence-electron chi connectivity index (χ0n) is 12.1. The van der Waals surface area contributed by atoms with E-state index in [0.717, 1.165) is 24.0 Å². The molecule has 0 fully saturated rings. The van der Waals surface area contributed by atoms with E-state index in [2.05, 4.69) is 29.7 Å². The molecule has 2 rings (SSSR count). The predicted molar refractivity (Wildman–Crippen MR) is 84.6 cm³/mol. The highest BCUT2D eigenvalue weighted by atomic mass is 35.5. The molecule has 108 valence electrons. The molecule has 2 heterocycles. The highest BCUT2D eigenvalue weighted by Gasteiger charge is 2.12. The fraction of sp³-hybridized carbons (Fsp3) is 0.429. The maximum absolute atomic E-state index is 5.88. The normalized spacial score (nSPS) is 11.8. The highest BCUT2D eigenvalue weighted by Crippen LogP contribution is 2.16. The van der Waals surface area contributed by atoms with Crippen LogP contribution in [-0.4, -0.2) is 29.4 Å². The number of aromatic nitrogens is 3. The number of hydrogen-bond acceptors (Lipinski definition) is 3. The lowest BCUT2D eigenvalue weighted by Gasteiger charge is -2.15. The van der Waals surface area contributed by atoms with Gasteiger partial charge in [-0.05, 0) is 24.2 Å². The van der Waals surface area contributed by atoms with E-state index in [1.54, 1.807) is 10.7 Å². The first-order valence-electron chi connectivity index (χ1n) is 6.68. The van der Waals surface area contributed by atoms with E-state index in [1.165, 1.54) is 0 Å². The molecule has 0 aliphatic carbocycles. The van der Waals surface area contributed by atoms with E-state index in [9.17, 15) is 0 Å². The topological polar surface area (TPSA) is 39.9 Å². The molecule has 4 nitrogen and oxygen atoms in total. The molecule has 0 aliphatic rings. The monoisotopic (exact) mass is 309 g/mol. The Morgan fingerprint density at radius 1 is 1.20 bits per heavy atom. The minimum absolute atomic E-state index is 0.475. The van der Waals surface area contributed by atoms with Crippen molar-refractivity contribution in [3.05, 3.63) is 35.6 Å². The molecule has 0 radical (unpaired) electrons. The van der Waals surface area contributed by atoms with Crippen molar-refractivity contribution in [1.29, 1.82) is 0 Å². The third kappa shape index (κ3) is 4.74. The Morgan fingerprint density at radius 2 is 2.00 bits per heavy atom. The molecular weight excluding hydrogens is 290 g/mol. The minimum Gasteiger partial charge on any atom is -0.360 e. The van der Waals surface area contributed by atoms with Gasteiger partial charge in [-0.2, -0.15) is 5.10 Å². The van der Waals surface area contributed by atoms with Crippen molar-refractivity contribution < 1.29 is 4.74 Å². The summed E-state index contributed by atoms with van der Waals surface area (Å²) in [6.45, 7) is 8.29. The average molecular weight is 310 g/mol. The Labute approximate surface area is 125 Å². The second kappa shape index (κ2) is 6.52. The summed E-state index contributed by atoms with van der Waals surface area (Å²) in [5.74, 6) is 0. The molecule has 0 saturated carbocycles. The van der Waals surface area contributed by atoms with Crippen molar-refractivity contribution in [2.75, 3.05) is 6.61 Å². The van der Waals surface area contributed by atoms with Crippen molar-refractivity contribution in [3.63, 3.8) is 0 Å². The minimum atomic E-state index is -1.03. The molecule has 0 atom stereocenters. The lowest BCUT2D eigenvalue weighted by Crippen LogP contribution is -2.22. The van der Waals surface area contributed by atoms with Gasteiger partial charge in [0.15, 0.2) is 0 Å². The molecule has 20 heavy (non-hydrogen) atoms. The largest absolute Gasteiger partial charge is 0.360 e. The van der Waals surface area contributed by atoms with E-state index in [4.69, 9.17) is 16.3 Å².